The summed E-state index contributed by atoms with van der Waals surface area (Å²) in [4.78, 5) is 0. The highest BCUT2D eigenvalue weighted by atomic mass is 19.1. The number of nitrogens with one attached hydrogen (secondary N) is 1. The highest BCUT2D eigenvalue weighted by molar-refractivity contribution is 5.35. The van der Waals surface area contributed by atoms with Gasteiger partial charge in [-0.25, -0.2) is 4.39 Å². The largest absolute Gasteiger partial charge is 0.490 e. The van der Waals surface area contributed by atoms with Gasteiger partial charge in [-0.3, -0.25) is 0 Å². The van der Waals surface area contributed by atoms with Gasteiger partial charge in [0.25, 0.3) is 0 Å². The molecule has 1 aromatic carbocycles. The molecule has 17 heavy (non-hydrogen) atoms. The molecule has 0 unspecified atom stereocenters. The first-order valence-corrected chi connectivity index (χ1v) is 5.85. The molecule has 0 aliphatic heterocycles. The van der Waals surface area contributed by atoms with Crippen LogP contribution in [0.25, 0.3) is 0 Å². The van der Waals surface area contributed by atoms with E-state index in [0.29, 0.717) is 18.2 Å². The highest BCUT2D eigenvalue weighted by Gasteiger charge is 2.19. The molecule has 0 saturated heterocycles. The predicted molar refractivity (Wildman–Crippen MR) is 62.3 cm³/mol. The Morgan fingerprint density at radius 3 is 2.94 bits per heavy atom. The highest BCUT2D eigenvalue weighted by Crippen LogP contribution is 2.19. The van der Waals surface area contributed by atoms with Crippen molar-refractivity contribution < 1.29 is 9.13 Å². The van der Waals surface area contributed by atoms with E-state index in [-0.39, 0.29) is 5.75 Å². The van der Waals surface area contributed by atoms with Gasteiger partial charge in [-0.05, 0) is 44.0 Å². The average molecular weight is 234 g/mol. The summed E-state index contributed by atoms with van der Waals surface area (Å²) in [5.74, 6) is -0.255. The van der Waals surface area contributed by atoms with Gasteiger partial charge in [0, 0.05) is 6.04 Å². The van der Waals surface area contributed by atoms with Crippen molar-refractivity contribution in [3.8, 4) is 11.8 Å². The van der Waals surface area contributed by atoms with E-state index in [4.69, 9.17) is 10.00 Å². The Labute approximate surface area is 100 Å². The molecule has 0 bridgehead atoms. The zero-order valence-corrected chi connectivity index (χ0v) is 9.58. The third-order valence-corrected chi connectivity index (χ3v) is 2.65. The number of nitriles is 1. The van der Waals surface area contributed by atoms with Crippen LogP contribution in [0.1, 0.15) is 24.8 Å². The minimum absolute atomic E-state index is 0.218. The van der Waals surface area contributed by atoms with Crippen LogP contribution < -0.4 is 10.1 Å². The van der Waals surface area contributed by atoms with Crippen LogP contribution in [0, 0.1) is 17.1 Å². The number of hydrogen-bond donors (Lipinski definition) is 1. The molecule has 90 valence electrons. The van der Waals surface area contributed by atoms with Crippen molar-refractivity contribution in [2.75, 3.05) is 13.2 Å². The summed E-state index contributed by atoms with van der Waals surface area (Å²) in [6.07, 6.45) is 3.39. The summed E-state index contributed by atoms with van der Waals surface area (Å²) in [7, 11) is 0. The molecule has 4 heteroatoms. The second-order valence-corrected chi connectivity index (χ2v) is 4.19. The normalized spacial score (nSPS) is 14.4. The maximum atomic E-state index is 13.4. The second kappa shape index (κ2) is 5.65. The Kier molecular flexibility index (Phi) is 3.94. The van der Waals surface area contributed by atoms with E-state index in [1.165, 1.54) is 25.0 Å². The monoisotopic (exact) mass is 234 g/mol. The molecule has 1 saturated carbocycles. The quantitative estimate of drug-likeness (QED) is 0.767. The molecule has 2 rings (SSSR count). The molecule has 1 fully saturated rings. The summed E-state index contributed by atoms with van der Waals surface area (Å²) in [6, 6.07) is 6.83. The molecule has 0 aromatic heterocycles. The van der Waals surface area contributed by atoms with Crippen LogP contribution in [0.5, 0.6) is 5.75 Å². The summed E-state index contributed by atoms with van der Waals surface area (Å²) < 4.78 is 18.7. The van der Waals surface area contributed by atoms with Gasteiger partial charge in [0.15, 0.2) is 11.6 Å². The van der Waals surface area contributed by atoms with Gasteiger partial charge >= 0.3 is 0 Å². The fourth-order valence-electron chi connectivity index (χ4n) is 1.54. The zero-order chi connectivity index (χ0) is 12.1. The third kappa shape index (κ3) is 3.72. The van der Waals surface area contributed by atoms with E-state index >= 15 is 0 Å². The second-order valence-electron chi connectivity index (χ2n) is 4.19. The van der Waals surface area contributed by atoms with E-state index in [2.05, 4.69) is 5.32 Å². The van der Waals surface area contributed by atoms with Crippen molar-refractivity contribution in [3.05, 3.63) is 29.6 Å². The molecule has 0 radical (unpaired) electrons. The minimum atomic E-state index is -0.473. The van der Waals surface area contributed by atoms with E-state index < -0.39 is 5.82 Å². The van der Waals surface area contributed by atoms with Crippen LogP contribution in [-0.2, 0) is 0 Å². The van der Waals surface area contributed by atoms with Crippen LogP contribution in [0.4, 0.5) is 4.39 Å². The molecule has 1 aromatic rings. The molecule has 0 heterocycles. The Balaban J connectivity index is 1.72. The van der Waals surface area contributed by atoms with Crippen molar-refractivity contribution in [1.82, 2.24) is 5.32 Å². The van der Waals surface area contributed by atoms with Crippen LogP contribution in [0.2, 0.25) is 0 Å². The topological polar surface area (TPSA) is 45.0 Å². The number of ether oxygens (including phenoxy) is 1. The Hall–Kier alpha value is -1.60. The summed E-state index contributed by atoms with van der Waals surface area (Å²) in [5.41, 5.74) is 0.310. The van der Waals surface area contributed by atoms with Gasteiger partial charge in [0.2, 0.25) is 0 Å². The smallest absolute Gasteiger partial charge is 0.166 e. The van der Waals surface area contributed by atoms with Crippen LogP contribution >= 0.6 is 0 Å². The first-order chi connectivity index (χ1) is 8.29. The average Bonchev–Trinajstić information content (AvgIpc) is 3.14. The van der Waals surface area contributed by atoms with E-state index in [0.717, 1.165) is 13.0 Å². The van der Waals surface area contributed by atoms with Crippen molar-refractivity contribution in [2.24, 2.45) is 0 Å². The van der Waals surface area contributed by atoms with Gasteiger partial charge < -0.3 is 10.1 Å². The molecular weight excluding hydrogens is 219 g/mol. The lowest BCUT2D eigenvalue weighted by molar-refractivity contribution is 0.293. The van der Waals surface area contributed by atoms with Crippen molar-refractivity contribution in [3.63, 3.8) is 0 Å². The van der Waals surface area contributed by atoms with Gasteiger partial charge in [-0.2, -0.15) is 5.26 Å². The van der Waals surface area contributed by atoms with Gasteiger partial charge in [0.05, 0.1) is 18.2 Å². The number of hydrogen-bond acceptors (Lipinski definition) is 3. The maximum Gasteiger partial charge on any atom is 0.166 e. The maximum absolute atomic E-state index is 13.4. The molecule has 1 aliphatic carbocycles. The third-order valence-electron chi connectivity index (χ3n) is 2.65. The van der Waals surface area contributed by atoms with Gasteiger partial charge in [-0.15, -0.1) is 0 Å². The first kappa shape index (κ1) is 11.9. The summed E-state index contributed by atoms with van der Waals surface area (Å²) in [5, 5.41) is 12.0. The molecular formula is C13H15FN2O. The minimum Gasteiger partial charge on any atom is -0.490 e. The van der Waals surface area contributed by atoms with Crippen molar-refractivity contribution in [1.29, 1.82) is 5.26 Å². The van der Waals surface area contributed by atoms with E-state index in [1.807, 2.05) is 6.07 Å². The number of benzene rings is 1. The van der Waals surface area contributed by atoms with Crippen LogP contribution in [-0.4, -0.2) is 19.2 Å². The number of rotatable bonds is 6. The fraction of sp³-hybridized carbons (Fsp3) is 0.462. The Morgan fingerprint density at radius 1 is 1.47 bits per heavy atom. The number of halogens is 1. The van der Waals surface area contributed by atoms with Crippen LogP contribution in [0.3, 0.4) is 0 Å². The van der Waals surface area contributed by atoms with Crippen molar-refractivity contribution in [2.45, 2.75) is 25.3 Å². The van der Waals surface area contributed by atoms with E-state index in [1.54, 1.807) is 6.07 Å². The molecule has 0 amide bonds. The predicted octanol–water partition coefficient (Wildman–Crippen LogP) is 2.22. The number of nitrogens with zero attached hydrogens (tertiary/aromatic N) is 1. The SMILES string of the molecule is N#Cc1ccc(OCCCNC2CC2)c(F)c1. The van der Waals surface area contributed by atoms with Crippen LogP contribution in [0.15, 0.2) is 18.2 Å². The summed E-state index contributed by atoms with van der Waals surface area (Å²) in [6.45, 7) is 1.39. The Morgan fingerprint density at radius 2 is 2.29 bits per heavy atom. The van der Waals surface area contributed by atoms with Gasteiger partial charge in [-0.1, -0.05) is 0 Å². The molecule has 3 nitrogen and oxygen atoms in total. The lowest BCUT2D eigenvalue weighted by Crippen LogP contribution is -2.19. The lowest BCUT2D eigenvalue weighted by Gasteiger charge is -2.07. The lowest BCUT2D eigenvalue weighted by atomic mass is 10.2. The fourth-order valence-corrected chi connectivity index (χ4v) is 1.54. The van der Waals surface area contributed by atoms with Gasteiger partial charge in [0.1, 0.15) is 0 Å². The molecule has 1 aliphatic rings. The molecule has 0 atom stereocenters. The molecule has 0 spiro atoms. The summed E-state index contributed by atoms with van der Waals surface area (Å²) >= 11 is 0. The Bertz CT molecular complexity index is 424. The zero-order valence-electron chi connectivity index (χ0n) is 9.58. The van der Waals surface area contributed by atoms with Crippen molar-refractivity contribution >= 4 is 0 Å². The molecule has 1 N–H and O–H groups in total. The first-order valence-electron chi connectivity index (χ1n) is 5.85. The van der Waals surface area contributed by atoms with E-state index in [9.17, 15) is 4.39 Å². The standard InChI is InChI=1S/C13H15FN2O/c14-12-8-10(9-15)2-5-13(12)17-7-1-6-16-11-3-4-11/h2,5,8,11,16H,1,3-4,6-7H2.